The number of halogens is 1. The van der Waals surface area contributed by atoms with Crippen molar-refractivity contribution in [2.45, 2.75) is 6.92 Å². The summed E-state index contributed by atoms with van der Waals surface area (Å²) in [6, 6.07) is 16.7. The molecule has 0 aliphatic heterocycles. The van der Waals surface area contributed by atoms with Gasteiger partial charge in [0.25, 0.3) is 11.8 Å². The minimum absolute atomic E-state index is 0.274. The third-order valence-electron chi connectivity index (χ3n) is 4.68. The van der Waals surface area contributed by atoms with E-state index < -0.39 is 5.91 Å². The Kier molecular flexibility index (Phi) is 6.46. The van der Waals surface area contributed by atoms with Crippen LogP contribution in [0.4, 0.5) is 11.4 Å². The summed E-state index contributed by atoms with van der Waals surface area (Å²) in [5.74, 6) is 0.535. The molecule has 3 aromatic carbocycles. The number of hydrogen-bond acceptors (Lipinski definition) is 6. The van der Waals surface area contributed by atoms with E-state index in [0.717, 1.165) is 0 Å². The first kappa shape index (κ1) is 22.2. The van der Waals surface area contributed by atoms with Gasteiger partial charge in [0.2, 0.25) is 0 Å². The Hall–Kier alpha value is -4.04. The molecule has 0 aliphatic carbocycles. The van der Waals surface area contributed by atoms with Crippen LogP contribution in [-0.2, 0) is 4.79 Å². The number of ether oxygens (including phenoxy) is 2. The summed E-state index contributed by atoms with van der Waals surface area (Å²) in [5.41, 5.74) is 2.63. The third-order valence-corrected chi connectivity index (χ3v) is 4.97. The highest BCUT2D eigenvalue weighted by atomic mass is 35.5. The van der Waals surface area contributed by atoms with Gasteiger partial charge in [-0.1, -0.05) is 23.7 Å². The van der Waals surface area contributed by atoms with Crippen LogP contribution in [-0.4, -0.2) is 30.5 Å². The fraction of sp³-hybridized carbons (Fsp3) is 0.125. The van der Waals surface area contributed by atoms with E-state index in [1.165, 1.54) is 7.11 Å². The molecule has 0 atom stereocenters. The van der Waals surface area contributed by atoms with Crippen LogP contribution < -0.4 is 20.1 Å². The Morgan fingerprint density at radius 1 is 1.00 bits per heavy atom. The quantitative estimate of drug-likeness (QED) is 0.395. The molecule has 8 nitrogen and oxygen atoms in total. The zero-order valence-electron chi connectivity index (χ0n) is 17.8. The Labute approximate surface area is 194 Å². The van der Waals surface area contributed by atoms with E-state index in [4.69, 9.17) is 25.5 Å². The Bertz CT molecular complexity index is 1330. The molecule has 0 saturated heterocycles. The molecule has 0 saturated carbocycles. The van der Waals surface area contributed by atoms with Crippen molar-refractivity contribution in [1.29, 1.82) is 0 Å². The summed E-state index contributed by atoms with van der Waals surface area (Å²) >= 11 is 6.08. The van der Waals surface area contributed by atoms with Gasteiger partial charge in [-0.05, 0) is 48.5 Å². The van der Waals surface area contributed by atoms with Gasteiger partial charge in [-0.2, -0.15) is 0 Å². The highest BCUT2D eigenvalue weighted by Gasteiger charge is 2.15. The van der Waals surface area contributed by atoms with Crippen molar-refractivity contribution in [2.24, 2.45) is 0 Å². The zero-order chi connectivity index (χ0) is 23.4. The van der Waals surface area contributed by atoms with E-state index in [9.17, 15) is 9.59 Å². The van der Waals surface area contributed by atoms with Crippen LogP contribution in [0.3, 0.4) is 0 Å². The van der Waals surface area contributed by atoms with E-state index in [1.54, 1.807) is 67.6 Å². The van der Waals surface area contributed by atoms with Crippen LogP contribution in [0, 0.1) is 6.92 Å². The molecule has 0 spiro atoms. The fourth-order valence-corrected chi connectivity index (χ4v) is 3.44. The Balaban J connectivity index is 1.41. The lowest BCUT2D eigenvalue weighted by atomic mass is 10.2. The number of nitrogens with zero attached hydrogens (tertiary/aromatic N) is 1. The topological polar surface area (TPSA) is 103 Å². The van der Waals surface area contributed by atoms with Gasteiger partial charge >= 0.3 is 0 Å². The van der Waals surface area contributed by atoms with Crippen LogP contribution in [0.1, 0.15) is 16.2 Å². The van der Waals surface area contributed by atoms with Gasteiger partial charge in [0.1, 0.15) is 17.0 Å². The predicted molar refractivity (Wildman–Crippen MR) is 125 cm³/mol. The number of para-hydroxylation sites is 1. The van der Waals surface area contributed by atoms with E-state index in [-0.39, 0.29) is 23.8 Å². The first-order valence-corrected chi connectivity index (χ1v) is 10.3. The van der Waals surface area contributed by atoms with Gasteiger partial charge in [-0.3, -0.25) is 9.59 Å². The highest BCUT2D eigenvalue weighted by molar-refractivity contribution is 6.32. The monoisotopic (exact) mass is 465 g/mol. The van der Waals surface area contributed by atoms with E-state index in [1.807, 2.05) is 0 Å². The number of aryl methyl sites for hydroxylation is 1. The van der Waals surface area contributed by atoms with E-state index in [2.05, 4.69) is 15.6 Å². The minimum atomic E-state index is -0.404. The zero-order valence-corrected chi connectivity index (χ0v) is 18.6. The first-order chi connectivity index (χ1) is 15.9. The molecule has 9 heteroatoms. The summed E-state index contributed by atoms with van der Waals surface area (Å²) in [5, 5.41) is 5.88. The maximum atomic E-state index is 12.8. The smallest absolute Gasteiger partial charge is 0.262 e. The largest absolute Gasteiger partial charge is 0.495 e. The van der Waals surface area contributed by atoms with E-state index >= 15 is 0 Å². The third kappa shape index (κ3) is 5.24. The molecular formula is C24H20ClN3O5. The van der Waals surface area contributed by atoms with Gasteiger partial charge in [-0.25, -0.2) is 4.98 Å². The predicted octanol–water partition coefficient (Wildman–Crippen LogP) is 5.07. The lowest BCUT2D eigenvalue weighted by Gasteiger charge is -2.12. The summed E-state index contributed by atoms with van der Waals surface area (Å²) in [6.07, 6.45) is 0. The number of hydrogen-bond donors (Lipinski definition) is 2. The highest BCUT2D eigenvalue weighted by Crippen LogP contribution is 2.27. The fourth-order valence-electron chi connectivity index (χ4n) is 3.18. The number of benzene rings is 3. The van der Waals surface area contributed by atoms with Crippen LogP contribution in [0.2, 0.25) is 5.02 Å². The number of anilines is 2. The minimum Gasteiger partial charge on any atom is -0.495 e. The SMILES string of the molecule is COc1ccc(NC(=O)COc2ccccc2C(=O)Nc2ccc3oc(C)nc3c2)cc1Cl. The second-order valence-corrected chi connectivity index (χ2v) is 7.46. The normalized spacial score (nSPS) is 10.6. The molecule has 168 valence electrons. The van der Waals surface area contributed by atoms with Gasteiger partial charge < -0.3 is 24.5 Å². The average molecular weight is 466 g/mol. The number of aromatic nitrogens is 1. The van der Waals surface area contributed by atoms with Crippen LogP contribution >= 0.6 is 11.6 Å². The molecule has 4 rings (SSSR count). The first-order valence-electron chi connectivity index (χ1n) is 9.96. The molecule has 4 aromatic rings. The molecule has 0 aliphatic rings. The standard InChI is InChI=1S/C24H20ClN3O5/c1-14-26-19-12-16(8-10-22(19)33-14)28-24(30)17-5-3-4-6-20(17)32-13-23(29)27-15-7-9-21(31-2)18(25)11-15/h3-12H,13H2,1-2H3,(H,27,29)(H,28,30). The summed E-state index contributed by atoms with van der Waals surface area (Å²) in [7, 11) is 1.51. The Morgan fingerprint density at radius 3 is 2.55 bits per heavy atom. The number of nitrogens with one attached hydrogen (secondary N) is 2. The number of methoxy groups -OCH3 is 1. The Morgan fingerprint density at radius 2 is 1.76 bits per heavy atom. The number of fused-ring (bicyclic) bond motifs is 1. The van der Waals surface area contributed by atoms with Gasteiger partial charge in [-0.15, -0.1) is 0 Å². The molecule has 0 radical (unpaired) electrons. The van der Waals surface area contributed by atoms with Crippen LogP contribution in [0.5, 0.6) is 11.5 Å². The van der Waals surface area contributed by atoms with Crippen molar-refractivity contribution in [1.82, 2.24) is 4.98 Å². The van der Waals surface area contributed by atoms with Crippen molar-refractivity contribution in [2.75, 3.05) is 24.4 Å². The lowest BCUT2D eigenvalue weighted by molar-refractivity contribution is -0.118. The average Bonchev–Trinajstić information content (AvgIpc) is 3.17. The molecular weight excluding hydrogens is 446 g/mol. The number of oxazole rings is 1. The number of carbonyl (C=O) groups excluding carboxylic acids is 2. The van der Waals surface area contributed by atoms with Crippen LogP contribution in [0.15, 0.2) is 65.1 Å². The summed E-state index contributed by atoms with van der Waals surface area (Å²) in [6.45, 7) is 1.46. The van der Waals surface area contributed by atoms with Crippen molar-refractivity contribution in [3.63, 3.8) is 0 Å². The second kappa shape index (κ2) is 9.62. The molecule has 0 bridgehead atoms. The molecule has 2 N–H and O–H groups in total. The number of amides is 2. The molecule has 1 heterocycles. The van der Waals surface area contributed by atoms with Crippen molar-refractivity contribution < 1.29 is 23.5 Å². The maximum absolute atomic E-state index is 12.8. The number of rotatable bonds is 7. The second-order valence-electron chi connectivity index (χ2n) is 7.05. The van der Waals surface area contributed by atoms with Crippen molar-refractivity contribution >= 4 is 45.9 Å². The molecule has 2 amide bonds. The molecule has 0 unspecified atom stereocenters. The summed E-state index contributed by atoms with van der Waals surface area (Å²) < 4.78 is 16.2. The van der Waals surface area contributed by atoms with Gasteiger partial charge in [0, 0.05) is 18.3 Å². The van der Waals surface area contributed by atoms with Gasteiger partial charge in [0.05, 0.1) is 17.7 Å². The molecule has 33 heavy (non-hydrogen) atoms. The molecule has 1 aromatic heterocycles. The van der Waals surface area contributed by atoms with Crippen molar-refractivity contribution in [3.05, 3.63) is 77.1 Å². The van der Waals surface area contributed by atoms with E-state index in [0.29, 0.717) is 39.1 Å². The number of carbonyl (C=O) groups is 2. The van der Waals surface area contributed by atoms with Gasteiger partial charge in [0.15, 0.2) is 18.1 Å². The molecule has 0 fully saturated rings. The van der Waals surface area contributed by atoms with Crippen molar-refractivity contribution in [3.8, 4) is 11.5 Å². The summed E-state index contributed by atoms with van der Waals surface area (Å²) in [4.78, 5) is 29.4. The lowest BCUT2D eigenvalue weighted by Crippen LogP contribution is -2.21. The van der Waals surface area contributed by atoms with Crippen LogP contribution in [0.25, 0.3) is 11.1 Å². The maximum Gasteiger partial charge on any atom is 0.262 e.